The smallest absolute Gasteiger partial charge is 0.0676 e. The minimum Gasteiger partial charge on any atom is -0.320 e. The van der Waals surface area contributed by atoms with Gasteiger partial charge in [-0.2, -0.15) is 10.2 Å². The van der Waals surface area contributed by atoms with Gasteiger partial charge in [-0.15, -0.1) is 11.3 Å². The summed E-state index contributed by atoms with van der Waals surface area (Å²) in [4.78, 5) is 1.12. The van der Waals surface area contributed by atoms with Crippen LogP contribution >= 0.6 is 27.3 Å². The van der Waals surface area contributed by atoms with Gasteiger partial charge in [-0.05, 0) is 52.9 Å². The number of thiophene rings is 1. The van der Waals surface area contributed by atoms with Crippen LogP contribution in [0.3, 0.4) is 0 Å². The zero-order valence-electron chi connectivity index (χ0n) is 9.07. The Balaban J connectivity index is 2.45. The lowest BCUT2D eigenvalue weighted by Gasteiger charge is -2.13. The second-order valence-electron chi connectivity index (χ2n) is 3.64. The summed E-state index contributed by atoms with van der Waals surface area (Å²) < 4.78 is 1.05. The Morgan fingerprint density at radius 1 is 1.38 bits per heavy atom. The molecule has 2 rings (SSSR count). The molecule has 0 aliphatic rings. The molecule has 5 heteroatoms. The fraction of sp³-hybridized carbons (Fsp3) is 0.273. The highest BCUT2D eigenvalue weighted by Crippen LogP contribution is 2.32. The number of hydrogen-bond acceptors (Lipinski definition) is 4. The van der Waals surface area contributed by atoms with Crippen molar-refractivity contribution in [2.75, 3.05) is 0 Å². The predicted octanol–water partition coefficient (Wildman–Crippen LogP) is 2.97. The van der Waals surface area contributed by atoms with Crippen LogP contribution in [0.1, 0.15) is 27.9 Å². The standard InChI is InChI=1S/C11H12BrN3S/c1-6-5-8(7(2)15-14-6)10(13)11-9(12)3-4-16-11/h3-5,10H,13H2,1-2H3. The third kappa shape index (κ3) is 2.16. The van der Waals surface area contributed by atoms with Gasteiger partial charge in [0.15, 0.2) is 0 Å². The fourth-order valence-electron chi connectivity index (χ4n) is 1.55. The first-order valence-electron chi connectivity index (χ1n) is 4.89. The van der Waals surface area contributed by atoms with E-state index in [0.29, 0.717) is 0 Å². The molecule has 2 heterocycles. The highest BCUT2D eigenvalue weighted by Gasteiger charge is 2.16. The van der Waals surface area contributed by atoms with Crippen molar-refractivity contribution in [3.05, 3.63) is 43.8 Å². The normalized spacial score (nSPS) is 12.8. The van der Waals surface area contributed by atoms with Crippen molar-refractivity contribution in [2.24, 2.45) is 5.73 Å². The predicted molar refractivity (Wildman–Crippen MR) is 69.6 cm³/mol. The molecular formula is C11H12BrN3S. The summed E-state index contributed by atoms with van der Waals surface area (Å²) in [5, 5.41) is 10.1. The van der Waals surface area contributed by atoms with E-state index >= 15 is 0 Å². The number of aromatic nitrogens is 2. The van der Waals surface area contributed by atoms with E-state index in [1.807, 2.05) is 31.4 Å². The van der Waals surface area contributed by atoms with Gasteiger partial charge in [0.2, 0.25) is 0 Å². The van der Waals surface area contributed by atoms with Crippen LogP contribution in [0.25, 0.3) is 0 Å². The molecule has 0 aliphatic heterocycles. The van der Waals surface area contributed by atoms with E-state index in [4.69, 9.17) is 5.73 Å². The fourth-order valence-corrected chi connectivity index (χ4v) is 3.19. The average Bonchev–Trinajstić information content (AvgIpc) is 2.67. The monoisotopic (exact) mass is 297 g/mol. The zero-order chi connectivity index (χ0) is 11.7. The SMILES string of the molecule is Cc1cc(C(N)c2sccc2Br)c(C)nn1. The number of nitrogens with two attached hydrogens (primary N) is 1. The van der Waals surface area contributed by atoms with Gasteiger partial charge < -0.3 is 5.73 Å². The third-order valence-electron chi connectivity index (χ3n) is 2.40. The summed E-state index contributed by atoms with van der Waals surface area (Å²) in [6, 6.07) is 3.87. The van der Waals surface area contributed by atoms with E-state index < -0.39 is 0 Å². The largest absolute Gasteiger partial charge is 0.320 e. The van der Waals surface area contributed by atoms with Gasteiger partial charge in [-0.1, -0.05) is 0 Å². The zero-order valence-corrected chi connectivity index (χ0v) is 11.5. The summed E-state index contributed by atoms with van der Waals surface area (Å²) in [7, 11) is 0. The molecule has 0 bridgehead atoms. The molecule has 2 N–H and O–H groups in total. The van der Waals surface area contributed by atoms with Crippen molar-refractivity contribution >= 4 is 27.3 Å². The molecule has 2 aromatic rings. The summed E-state index contributed by atoms with van der Waals surface area (Å²) in [5.74, 6) is 0. The van der Waals surface area contributed by atoms with Crippen LogP contribution < -0.4 is 5.73 Å². The van der Waals surface area contributed by atoms with Gasteiger partial charge in [-0.3, -0.25) is 0 Å². The molecule has 84 valence electrons. The Morgan fingerprint density at radius 2 is 2.12 bits per heavy atom. The lowest BCUT2D eigenvalue weighted by molar-refractivity contribution is 0.823. The molecule has 2 aromatic heterocycles. The number of halogens is 1. The number of aryl methyl sites for hydroxylation is 2. The van der Waals surface area contributed by atoms with E-state index in [9.17, 15) is 0 Å². The lowest BCUT2D eigenvalue weighted by atomic mass is 10.1. The van der Waals surface area contributed by atoms with Crippen LogP contribution in [-0.2, 0) is 0 Å². The average molecular weight is 298 g/mol. The highest BCUT2D eigenvalue weighted by molar-refractivity contribution is 9.10. The Labute approximate surface area is 107 Å². The summed E-state index contributed by atoms with van der Waals surface area (Å²) >= 11 is 5.15. The van der Waals surface area contributed by atoms with Crippen LogP contribution in [-0.4, -0.2) is 10.2 Å². The van der Waals surface area contributed by atoms with E-state index in [1.54, 1.807) is 11.3 Å². The Kier molecular flexibility index (Phi) is 3.37. The topological polar surface area (TPSA) is 51.8 Å². The number of hydrogen-bond donors (Lipinski definition) is 1. The van der Waals surface area contributed by atoms with Gasteiger partial charge >= 0.3 is 0 Å². The molecule has 0 saturated carbocycles. The molecule has 0 amide bonds. The molecule has 0 fully saturated rings. The van der Waals surface area contributed by atoms with E-state index in [-0.39, 0.29) is 6.04 Å². The van der Waals surface area contributed by atoms with Crippen molar-refractivity contribution < 1.29 is 0 Å². The highest BCUT2D eigenvalue weighted by atomic mass is 79.9. The molecule has 0 saturated heterocycles. The second kappa shape index (κ2) is 4.61. The van der Waals surface area contributed by atoms with Crippen LogP contribution in [0, 0.1) is 13.8 Å². The van der Waals surface area contributed by atoms with E-state index in [1.165, 1.54) is 0 Å². The maximum absolute atomic E-state index is 6.24. The van der Waals surface area contributed by atoms with Gasteiger partial charge in [0, 0.05) is 9.35 Å². The van der Waals surface area contributed by atoms with Gasteiger partial charge in [-0.25, -0.2) is 0 Å². The maximum Gasteiger partial charge on any atom is 0.0676 e. The molecule has 1 atom stereocenters. The van der Waals surface area contributed by atoms with E-state index in [2.05, 4.69) is 26.1 Å². The minimum absolute atomic E-state index is 0.136. The van der Waals surface area contributed by atoms with Crippen molar-refractivity contribution in [1.29, 1.82) is 0 Å². The van der Waals surface area contributed by atoms with Crippen molar-refractivity contribution in [1.82, 2.24) is 10.2 Å². The summed E-state index contributed by atoms with van der Waals surface area (Å²) in [6.45, 7) is 3.86. The van der Waals surface area contributed by atoms with Crippen molar-refractivity contribution in [2.45, 2.75) is 19.9 Å². The van der Waals surface area contributed by atoms with Crippen LogP contribution in [0.15, 0.2) is 22.0 Å². The Morgan fingerprint density at radius 3 is 2.75 bits per heavy atom. The molecular weight excluding hydrogens is 286 g/mol. The Hall–Kier alpha value is -0.780. The summed E-state index contributed by atoms with van der Waals surface area (Å²) in [6.07, 6.45) is 0. The first kappa shape index (κ1) is 11.7. The lowest BCUT2D eigenvalue weighted by Crippen LogP contribution is -2.14. The number of nitrogens with zero attached hydrogens (tertiary/aromatic N) is 2. The molecule has 3 nitrogen and oxygen atoms in total. The Bertz CT molecular complexity index is 510. The number of rotatable bonds is 2. The van der Waals surface area contributed by atoms with Gasteiger partial charge in [0.1, 0.15) is 0 Å². The van der Waals surface area contributed by atoms with Gasteiger partial charge in [0.05, 0.1) is 17.4 Å². The molecule has 0 aromatic carbocycles. The van der Waals surface area contributed by atoms with Crippen LogP contribution in [0.2, 0.25) is 0 Å². The minimum atomic E-state index is -0.136. The third-order valence-corrected chi connectivity index (χ3v) is 4.36. The summed E-state index contributed by atoms with van der Waals surface area (Å²) in [5.41, 5.74) is 9.06. The van der Waals surface area contributed by atoms with Gasteiger partial charge in [0.25, 0.3) is 0 Å². The molecule has 0 aliphatic carbocycles. The van der Waals surface area contributed by atoms with Crippen molar-refractivity contribution in [3.63, 3.8) is 0 Å². The molecule has 0 spiro atoms. The van der Waals surface area contributed by atoms with Crippen LogP contribution in [0.5, 0.6) is 0 Å². The first-order chi connectivity index (χ1) is 7.59. The van der Waals surface area contributed by atoms with E-state index in [0.717, 1.165) is 26.3 Å². The van der Waals surface area contributed by atoms with Crippen LogP contribution in [0.4, 0.5) is 0 Å². The molecule has 16 heavy (non-hydrogen) atoms. The molecule has 0 radical (unpaired) electrons. The maximum atomic E-state index is 6.24. The van der Waals surface area contributed by atoms with Crippen molar-refractivity contribution in [3.8, 4) is 0 Å². The molecule has 1 unspecified atom stereocenters. The first-order valence-corrected chi connectivity index (χ1v) is 6.56. The quantitative estimate of drug-likeness (QED) is 0.927. The second-order valence-corrected chi connectivity index (χ2v) is 5.44.